The van der Waals surface area contributed by atoms with Crippen molar-refractivity contribution in [3.05, 3.63) is 28.5 Å². The molecule has 0 spiro atoms. The van der Waals surface area contributed by atoms with Crippen LogP contribution in [0.1, 0.15) is 61.9 Å². The van der Waals surface area contributed by atoms with Crippen LogP contribution >= 0.6 is 11.3 Å². The summed E-state index contributed by atoms with van der Waals surface area (Å²) in [5.74, 6) is 0.687. The van der Waals surface area contributed by atoms with E-state index in [2.05, 4.69) is 34.0 Å². The molecular formula is C21H30N6O2S. The average molecular weight is 431 g/mol. The summed E-state index contributed by atoms with van der Waals surface area (Å²) >= 11 is 1.25. The van der Waals surface area contributed by atoms with Crippen molar-refractivity contribution in [2.75, 3.05) is 29.9 Å². The zero-order valence-electron chi connectivity index (χ0n) is 18.1. The highest BCUT2D eigenvalue weighted by Gasteiger charge is 2.22. The number of hydrogen-bond acceptors (Lipinski definition) is 7. The highest BCUT2D eigenvalue weighted by Crippen LogP contribution is 2.20. The Morgan fingerprint density at radius 3 is 2.60 bits per heavy atom. The molecule has 2 amide bonds. The van der Waals surface area contributed by atoms with Gasteiger partial charge in [0.15, 0.2) is 5.13 Å². The number of anilines is 2. The van der Waals surface area contributed by atoms with Crippen LogP contribution in [0.2, 0.25) is 0 Å². The van der Waals surface area contributed by atoms with E-state index in [4.69, 9.17) is 4.98 Å². The summed E-state index contributed by atoms with van der Waals surface area (Å²) in [4.78, 5) is 42.1. The molecule has 162 valence electrons. The van der Waals surface area contributed by atoms with Gasteiger partial charge in [0, 0.05) is 37.6 Å². The number of rotatable bonds is 7. The van der Waals surface area contributed by atoms with E-state index >= 15 is 0 Å². The number of aromatic nitrogens is 3. The van der Waals surface area contributed by atoms with E-state index in [0.29, 0.717) is 29.8 Å². The number of nitrogens with one attached hydrogen (secondary N) is 1. The van der Waals surface area contributed by atoms with Crippen molar-refractivity contribution in [2.24, 2.45) is 5.92 Å². The summed E-state index contributed by atoms with van der Waals surface area (Å²) in [6.07, 6.45) is 3.57. The standard InChI is InChI=1S/C21H30N6O2S/c1-14(2)11-27(19(29)18-13-30-21(25-18)23-16(4)28)12-17-10-15(3)22-20(24-17)26-8-6-5-7-9-26/h10,13-14H,5-9,11-12H2,1-4H3,(H,23,25,28). The SMILES string of the molecule is CC(=O)Nc1nc(C(=O)N(Cc2cc(C)nc(N3CCCCC3)n2)CC(C)C)cs1. The van der Waals surface area contributed by atoms with Crippen molar-refractivity contribution in [1.29, 1.82) is 0 Å². The summed E-state index contributed by atoms with van der Waals surface area (Å²) in [6.45, 7) is 10.5. The Labute approximate surface area is 181 Å². The summed E-state index contributed by atoms with van der Waals surface area (Å²) in [5, 5.41) is 4.75. The molecule has 1 aliphatic heterocycles. The van der Waals surface area contributed by atoms with E-state index in [0.717, 1.165) is 43.3 Å². The third-order valence-corrected chi connectivity index (χ3v) is 5.52. The molecule has 1 N–H and O–H groups in total. The van der Waals surface area contributed by atoms with Crippen molar-refractivity contribution >= 4 is 34.2 Å². The van der Waals surface area contributed by atoms with E-state index in [1.165, 1.54) is 24.7 Å². The molecule has 0 bridgehead atoms. The summed E-state index contributed by atoms with van der Waals surface area (Å²) < 4.78 is 0. The van der Waals surface area contributed by atoms with Gasteiger partial charge in [-0.05, 0) is 38.2 Å². The number of carbonyl (C=O) groups is 2. The van der Waals surface area contributed by atoms with Crippen molar-refractivity contribution in [3.63, 3.8) is 0 Å². The monoisotopic (exact) mass is 430 g/mol. The van der Waals surface area contributed by atoms with Gasteiger partial charge in [0.2, 0.25) is 11.9 Å². The molecule has 1 aliphatic rings. The zero-order chi connectivity index (χ0) is 21.7. The molecule has 0 saturated carbocycles. The Bertz CT molecular complexity index is 891. The molecule has 0 atom stereocenters. The van der Waals surface area contributed by atoms with Gasteiger partial charge in [-0.3, -0.25) is 9.59 Å². The van der Waals surface area contributed by atoms with Gasteiger partial charge in [-0.25, -0.2) is 15.0 Å². The molecule has 2 aromatic heterocycles. The molecule has 3 heterocycles. The highest BCUT2D eigenvalue weighted by atomic mass is 32.1. The van der Waals surface area contributed by atoms with Crippen molar-refractivity contribution in [2.45, 2.75) is 53.5 Å². The molecule has 0 unspecified atom stereocenters. The second-order valence-corrected chi connectivity index (χ2v) is 9.01. The van der Waals surface area contributed by atoms with Gasteiger partial charge in [0.25, 0.3) is 5.91 Å². The van der Waals surface area contributed by atoms with Crippen molar-refractivity contribution < 1.29 is 9.59 Å². The first-order valence-corrected chi connectivity index (χ1v) is 11.3. The van der Waals surface area contributed by atoms with Gasteiger partial charge in [-0.2, -0.15) is 0 Å². The Kier molecular flexibility index (Phi) is 7.36. The molecule has 0 aliphatic carbocycles. The molecule has 1 fully saturated rings. The third kappa shape index (κ3) is 5.98. The lowest BCUT2D eigenvalue weighted by atomic mass is 10.1. The Morgan fingerprint density at radius 1 is 1.20 bits per heavy atom. The van der Waals surface area contributed by atoms with Crippen LogP contribution in [0.4, 0.5) is 11.1 Å². The summed E-state index contributed by atoms with van der Waals surface area (Å²) in [5.41, 5.74) is 2.07. The molecule has 0 aromatic carbocycles. The fourth-order valence-corrected chi connectivity index (χ4v) is 4.26. The second kappa shape index (κ2) is 9.97. The number of aryl methyl sites for hydroxylation is 1. The first-order valence-electron chi connectivity index (χ1n) is 10.4. The Balaban J connectivity index is 1.80. The Morgan fingerprint density at radius 2 is 1.93 bits per heavy atom. The summed E-state index contributed by atoms with van der Waals surface area (Å²) in [7, 11) is 0. The van der Waals surface area contributed by atoms with Crippen LogP contribution in [-0.2, 0) is 11.3 Å². The van der Waals surface area contributed by atoms with Crippen LogP contribution < -0.4 is 10.2 Å². The van der Waals surface area contributed by atoms with Crippen LogP contribution in [0.3, 0.4) is 0 Å². The maximum Gasteiger partial charge on any atom is 0.273 e. The smallest absolute Gasteiger partial charge is 0.273 e. The highest BCUT2D eigenvalue weighted by molar-refractivity contribution is 7.14. The quantitative estimate of drug-likeness (QED) is 0.723. The summed E-state index contributed by atoms with van der Waals surface area (Å²) in [6, 6.07) is 1.94. The molecule has 9 heteroatoms. The minimum atomic E-state index is -0.205. The van der Waals surface area contributed by atoms with Gasteiger partial charge >= 0.3 is 0 Å². The zero-order valence-corrected chi connectivity index (χ0v) is 19.0. The largest absolute Gasteiger partial charge is 0.341 e. The van der Waals surface area contributed by atoms with Crippen LogP contribution in [0.25, 0.3) is 0 Å². The maximum atomic E-state index is 13.2. The fraction of sp³-hybridized carbons (Fsp3) is 0.571. The van der Waals surface area contributed by atoms with E-state index in [1.807, 2.05) is 13.0 Å². The van der Waals surface area contributed by atoms with E-state index < -0.39 is 0 Å². The van der Waals surface area contributed by atoms with Gasteiger partial charge < -0.3 is 15.1 Å². The van der Waals surface area contributed by atoms with Crippen LogP contribution in [0.5, 0.6) is 0 Å². The molecule has 3 rings (SSSR count). The number of thiazole rings is 1. The third-order valence-electron chi connectivity index (χ3n) is 4.77. The van der Waals surface area contributed by atoms with Crippen LogP contribution in [0, 0.1) is 12.8 Å². The normalized spacial score (nSPS) is 14.1. The predicted molar refractivity (Wildman–Crippen MR) is 119 cm³/mol. The molecule has 8 nitrogen and oxygen atoms in total. The van der Waals surface area contributed by atoms with Gasteiger partial charge in [0.05, 0.1) is 12.2 Å². The number of hydrogen-bond donors (Lipinski definition) is 1. The number of piperidine rings is 1. The first-order chi connectivity index (χ1) is 14.3. The average Bonchev–Trinajstić information content (AvgIpc) is 3.14. The second-order valence-electron chi connectivity index (χ2n) is 8.15. The maximum absolute atomic E-state index is 13.2. The molecule has 30 heavy (non-hydrogen) atoms. The number of nitrogens with zero attached hydrogens (tertiary/aromatic N) is 5. The molecule has 2 aromatic rings. The lowest BCUT2D eigenvalue weighted by molar-refractivity contribution is -0.114. The lowest BCUT2D eigenvalue weighted by Crippen LogP contribution is -2.35. The lowest BCUT2D eigenvalue weighted by Gasteiger charge is -2.28. The fourth-order valence-electron chi connectivity index (χ4n) is 3.53. The van der Waals surface area contributed by atoms with Gasteiger partial charge in [-0.15, -0.1) is 11.3 Å². The van der Waals surface area contributed by atoms with Crippen LogP contribution in [-0.4, -0.2) is 51.3 Å². The predicted octanol–water partition coefficient (Wildman–Crippen LogP) is 3.49. The minimum absolute atomic E-state index is 0.160. The molecular weight excluding hydrogens is 400 g/mol. The molecule has 1 saturated heterocycles. The number of carbonyl (C=O) groups excluding carboxylic acids is 2. The number of amides is 2. The Hall–Kier alpha value is -2.55. The topological polar surface area (TPSA) is 91.3 Å². The minimum Gasteiger partial charge on any atom is -0.341 e. The first kappa shape index (κ1) is 22.1. The van der Waals surface area contributed by atoms with E-state index in [1.54, 1.807) is 10.3 Å². The van der Waals surface area contributed by atoms with Crippen LogP contribution in [0.15, 0.2) is 11.4 Å². The van der Waals surface area contributed by atoms with E-state index in [9.17, 15) is 9.59 Å². The van der Waals surface area contributed by atoms with Crippen molar-refractivity contribution in [1.82, 2.24) is 19.9 Å². The molecule has 0 radical (unpaired) electrons. The van der Waals surface area contributed by atoms with Crippen molar-refractivity contribution in [3.8, 4) is 0 Å². The van der Waals surface area contributed by atoms with E-state index in [-0.39, 0.29) is 11.8 Å². The van der Waals surface area contributed by atoms with Gasteiger partial charge in [0.1, 0.15) is 5.69 Å². The van der Waals surface area contributed by atoms with Gasteiger partial charge in [-0.1, -0.05) is 13.8 Å².